The molecule has 1 saturated heterocycles. The zero-order valence-electron chi connectivity index (χ0n) is 17.6. The lowest BCUT2D eigenvalue weighted by molar-refractivity contribution is -0.124. The Labute approximate surface area is 188 Å². The Bertz CT molecular complexity index is 980. The first-order chi connectivity index (χ1) is 14.9. The summed E-state index contributed by atoms with van der Waals surface area (Å²) in [5, 5.41) is 3.38. The van der Waals surface area contributed by atoms with Crippen LogP contribution in [0.15, 0.2) is 53.4 Å². The van der Waals surface area contributed by atoms with E-state index in [1.165, 1.54) is 16.4 Å². The number of nitrogens with one attached hydrogen (secondary N) is 1. The molecule has 1 aliphatic heterocycles. The molecule has 31 heavy (non-hydrogen) atoms. The second kappa shape index (κ2) is 10.5. The summed E-state index contributed by atoms with van der Waals surface area (Å²) in [7, 11) is -0.561. The van der Waals surface area contributed by atoms with E-state index in [2.05, 4.69) is 5.32 Å². The fraction of sp³-hybridized carbons (Fsp3) is 0.409. The number of methoxy groups -OCH3 is 2. The summed E-state index contributed by atoms with van der Waals surface area (Å²) in [6, 6.07) is 13.5. The van der Waals surface area contributed by atoms with E-state index >= 15 is 0 Å². The average Bonchev–Trinajstić information content (AvgIpc) is 3.23. The first kappa shape index (κ1) is 23.5. The molecule has 0 unspecified atom stereocenters. The predicted molar refractivity (Wildman–Crippen MR) is 119 cm³/mol. The van der Waals surface area contributed by atoms with E-state index in [9.17, 15) is 13.2 Å². The minimum atomic E-state index is -3.75. The highest BCUT2D eigenvalue weighted by Crippen LogP contribution is 2.36. The fourth-order valence-electron chi connectivity index (χ4n) is 3.73. The lowest BCUT2D eigenvalue weighted by atomic mass is 9.88. The van der Waals surface area contributed by atoms with Gasteiger partial charge in [-0.1, -0.05) is 23.7 Å². The van der Waals surface area contributed by atoms with Gasteiger partial charge < -0.3 is 14.8 Å². The molecular weight excluding hydrogens is 440 g/mol. The Morgan fingerprint density at radius 1 is 1.10 bits per heavy atom. The topological polar surface area (TPSA) is 84.9 Å². The molecule has 1 aliphatic rings. The van der Waals surface area contributed by atoms with Gasteiger partial charge in [-0.3, -0.25) is 4.79 Å². The van der Waals surface area contributed by atoms with Gasteiger partial charge >= 0.3 is 0 Å². The smallest absolute Gasteiger partial charge is 0.243 e. The Balaban J connectivity index is 1.85. The van der Waals surface area contributed by atoms with Crippen molar-refractivity contribution in [2.24, 2.45) is 5.92 Å². The van der Waals surface area contributed by atoms with Crippen LogP contribution >= 0.6 is 11.6 Å². The van der Waals surface area contributed by atoms with Crippen molar-refractivity contribution in [3.05, 3.63) is 59.1 Å². The van der Waals surface area contributed by atoms with Gasteiger partial charge in [0.25, 0.3) is 0 Å². The fourth-order valence-corrected chi connectivity index (χ4v) is 5.35. The molecule has 0 bridgehead atoms. The van der Waals surface area contributed by atoms with E-state index in [-0.39, 0.29) is 29.8 Å². The van der Waals surface area contributed by atoms with Gasteiger partial charge in [0.1, 0.15) is 5.75 Å². The van der Waals surface area contributed by atoms with Crippen molar-refractivity contribution in [1.29, 1.82) is 0 Å². The molecule has 1 heterocycles. The van der Waals surface area contributed by atoms with Crippen LogP contribution in [0.3, 0.4) is 0 Å². The third kappa shape index (κ3) is 5.57. The number of nitrogens with zero attached hydrogens (tertiary/aromatic N) is 1. The highest BCUT2D eigenvalue weighted by Gasteiger charge is 2.43. The Kier molecular flexibility index (Phi) is 7.94. The second-order valence-electron chi connectivity index (χ2n) is 7.40. The Morgan fingerprint density at radius 2 is 1.77 bits per heavy atom. The van der Waals surface area contributed by atoms with Crippen molar-refractivity contribution < 1.29 is 22.7 Å². The van der Waals surface area contributed by atoms with Gasteiger partial charge in [-0.25, -0.2) is 8.42 Å². The molecule has 168 valence electrons. The van der Waals surface area contributed by atoms with E-state index in [0.29, 0.717) is 30.3 Å². The van der Waals surface area contributed by atoms with Crippen LogP contribution in [0.4, 0.5) is 0 Å². The number of carbonyl (C=O) groups is 1. The highest BCUT2D eigenvalue weighted by atomic mass is 35.5. The quantitative estimate of drug-likeness (QED) is 0.574. The van der Waals surface area contributed by atoms with E-state index < -0.39 is 15.9 Å². The van der Waals surface area contributed by atoms with Gasteiger partial charge in [0, 0.05) is 44.3 Å². The van der Waals surface area contributed by atoms with E-state index in [1.807, 2.05) is 24.3 Å². The van der Waals surface area contributed by atoms with Gasteiger partial charge in [-0.2, -0.15) is 4.31 Å². The molecule has 1 amide bonds. The monoisotopic (exact) mass is 466 g/mol. The molecule has 2 aromatic rings. The maximum Gasteiger partial charge on any atom is 0.243 e. The number of rotatable bonds is 9. The number of benzene rings is 2. The summed E-state index contributed by atoms with van der Waals surface area (Å²) in [5.74, 6) is -0.230. The van der Waals surface area contributed by atoms with Crippen molar-refractivity contribution in [1.82, 2.24) is 9.62 Å². The molecule has 1 fully saturated rings. The van der Waals surface area contributed by atoms with Crippen molar-refractivity contribution >= 4 is 27.5 Å². The number of hydrogen-bond acceptors (Lipinski definition) is 5. The summed E-state index contributed by atoms with van der Waals surface area (Å²) < 4.78 is 38.0. The van der Waals surface area contributed by atoms with Crippen molar-refractivity contribution in [3.8, 4) is 5.75 Å². The molecule has 2 aromatic carbocycles. The van der Waals surface area contributed by atoms with Crippen LogP contribution in [0.2, 0.25) is 5.02 Å². The van der Waals surface area contributed by atoms with Crippen molar-refractivity contribution in [3.63, 3.8) is 0 Å². The lowest BCUT2D eigenvalue weighted by Gasteiger charge is -2.18. The Morgan fingerprint density at radius 3 is 2.39 bits per heavy atom. The SMILES string of the molecule is COCCCNC(=O)[C@@H]1CN(S(=O)(=O)c2ccc(Cl)cc2)C[C@@H]1c1ccc(OC)cc1. The number of halogens is 1. The van der Waals surface area contributed by atoms with Crippen LogP contribution < -0.4 is 10.1 Å². The van der Waals surface area contributed by atoms with Crippen LogP contribution in [-0.2, 0) is 19.6 Å². The molecule has 3 rings (SSSR count). The zero-order valence-corrected chi connectivity index (χ0v) is 19.2. The highest BCUT2D eigenvalue weighted by molar-refractivity contribution is 7.89. The normalized spacial score (nSPS) is 19.3. The third-order valence-electron chi connectivity index (χ3n) is 5.44. The van der Waals surface area contributed by atoms with Crippen LogP contribution in [0.1, 0.15) is 17.9 Å². The maximum atomic E-state index is 13.2. The summed E-state index contributed by atoms with van der Waals surface area (Å²) in [5.41, 5.74) is 0.895. The molecule has 0 aromatic heterocycles. The van der Waals surface area contributed by atoms with Gasteiger partial charge in [0.2, 0.25) is 15.9 Å². The van der Waals surface area contributed by atoms with Gasteiger partial charge in [0.05, 0.1) is 17.9 Å². The summed E-state index contributed by atoms with van der Waals surface area (Å²) in [6.45, 7) is 1.34. The maximum absolute atomic E-state index is 13.2. The molecule has 2 atom stereocenters. The van der Waals surface area contributed by atoms with Gasteiger partial charge in [-0.15, -0.1) is 0 Å². The largest absolute Gasteiger partial charge is 0.497 e. The Hall–Kier alpha value is -2.13. The van der Waals surface area contributed by atoms with Gasteiger partial charge in [0.15, 0.2) is 0 Å². The summed E-state index contributed by atoms with van der Waals surface area (Å²) in [4.78, 5) is 13.1. The molecule has 0 aliphatic carbocycles. The number of hydrogen-bond donors (Lipinski definition) is 1. The number of carbonyl (C=O) groups excluding carboxylic acids is 1. The van der Waals surface area contributed by atoms with Crippen LogP contribution in [0.25, 0.3) is 0 Å². The number of sulfonamides is 1. The molecule has 0 radical (unpaired) electrons. The molecule has 0 saturated carbocycles. The first-order valence-corrected chi connectivity index (χ1v) is 11.8. The lowest BCUT2D eigenvalue weighted by Crippen LogP contribution is -2.36. The third-order valence-corrected chi connectivity index (χ3v) is 7.54. The van der Waals surface area contributed by atoms with E-state index in [1.54, 1.807) is 26.4 Å². The standard InChI is InChI=1S/C22H27ClN2O5S/c1-29-13-3-12-24-22(26)21-15-25(31(27,28)19-10-6-17(23)7-11-19)14-20(21)16-4-8-18(30-2)9-5-16/h4-11,20-21H,3,12-15H2,1-2H3,(H,24,26)/t20-,21-/m1/s1. The first-order valence-electron chi connectivity index (χ1n) is 10.0. The van der Waals surface area contributed by atoms with E-state index in [4.69, 9.17) is 21.1 Å². The van der Waals surface area contributed by atoms with Crippen LogP contribution in [0.5, 0.6) is 5.75 Å². The zero-order chi connectivity index (χ0) is 22.4. The molecular formula is C22H27ClN2O5S. The van der Waals surface area contributed by atoms with Gasteiger partial charge in [-0.05, 0) is 48.4 Å². The molecule has 0 spiro atoms. The minimum absolute atomic E-state index is 0.109. The average molecular weight is 467 g/mol. The van der Waals surface area contributed by atoms with Crippen LogP contribution in [-0.4, -0.2) is 59.1 Å². The minimum Gasteiger partial charge on any atom is -0.497 e. The molecule has 7 nitrogen and oxygen atoms in total. The predicted octanol–water partition coefficient (Wildman–Crippen LogP) is 2.91. The summed E-state index contributed by atoms with van der Waals surface area (Å²) >= 11 is 5.90. The van der Waals surface area contributed by atoms with Crippen molar-refractivity contribution in [2.45, 2.75) is 17.2 Å². The van der Waals surface area contributed by atoms with E-state index in [0.717, 1.165) is 5.56 Å². The van der Waals surface area contributed by atoms with Crippen molar-refractivity contribution in [2.75, 3.05) is 40.5 Å². The molecule has 9 heteroatoms. The number of ether oxygens (including phenoxy) is 2. The summed E-state index contributed by atoms with van der Waals surface area (Å²) in [6.07, 6.45) is 0.689. The molecule has 1 N–H and O–H groups in total. The second-order valence-corrected chi connectivity index (χ2v) is 9.77. The van der Waals surface area contributed by atoms with Crippen LogP contribution in [0, 0.1) is 5.92 Å². The number of amides is 1.